The lowest BCUT2D eigenvalue weighted by molar-refractivity contribution is 1.00. The number of halogens is 1. The van der Waals surface area contributed by atoms with Crippen molar-refractivity contribution < 1.29 is 0 Å². The molecule has 0 aliphatic rings. The molecule has 0 saturated carbocycles. The van der Waals surface area contributed by atoms with Crippen LogP contribution in [0.15, 0.2) is 111 Å². The van der Waals surface area contributed by atoms with Crippen LogP contribution in [-0.2, 0) is 0 Å². The van der Waals surface area contributed by atoms with Crippen molar-refractivity contribution in [2.75, 3.05) is 0 Å². The molecule has 0 fully saturated rings. The highest BCUT2D eigenvalue weighted by molar-refractivity contribution is 6.30. The highest BCUT2D eigenvalue weighted by Gasteiger charge is 2.13. The summed E-state index contributed by atoms with van der Waals surface area (Å²) in [6, 6.07) is 17.6. The van der Waals surface area contributed by atoms with Gasteiger partial charge in [0.2, 0.25) is 0 Å². The molecule has 0 unspecified atom stereocenters. The molecule has 3 aromatic rings. The molecule has 0 amide bonds. The third-order valence-corrected chi connectivity index (χ3v) is 4.99. The fraction of sp³-hybridized carbons (Fsp3) is 0.0690. The van der Waals surface area contributed by atoms with E-state index in [2.05, 4.69) is 49.5 Å². The van der Waals surface area contributed by atoms with Crippen LogP contribution in [0.4, 0.5) is 0 Å². The van der Waals surface area contributed by atoms with Crippen molar-refractivity contribution in [3.63, 3.8) is 0 Å². The Morgan fingerprint density at radius 1 is 0.727 bits per heavy atom. The standard InChI is InChI=1S/C27H24ClN3.C2H4/c1-5-19(6-2)25-29-26(31-27(30-25)23-14-16-24(28)17-15-23)21(8-4)18-20(7-3)22-12-10-9-11-13-22;1-2/h5-18H,1,4H2,2-3H3;1-2H2/b19-6+,20-7+,21-18+;. The van der Waals surface area contributed by atoms with Gasteiger partial charge in [-0.05, 0) is 55.3 Å². The number of hydrogen-bond acceptors (Lipinski definition) is 3. The Bertz CT molecular complexity index is 1190. The second-order valence-corrected chi connectivity index (χ2v) is 7.11. The van der Waals surface area contributed by atoms with E-state index in [-0.39, 0.29) is 0 Å². The van der Waals surface area contributed by atoms with Gasteiger partial charge < -0.3 is 0 Å². The van der Waals surface area contributed by atoms with Crippen LogP contribution >= 0.6 is 11.6 Å². The zero-order valence-corrected chi connectivity index (χ0v) is 19.9. The molecule has 0 saturated heterocycles. The monoisotopic (exact) mass is 453 g/mol. The quantitative estimate of drug-likeness (QED) is 0.267. The van der Waals surface area contributed by atoms with E-state index in [0.717, 1.165) is 27.8 Å². The Morgan fingerprint density at radius 2 is 1.27 bits per heavy atom. The summed E-state index contributed by atoms with van der Waals surface area (Å²) in [4.78, 5) is 14.1. The van der Waals surface area contributed by atoms with E-state index >= 15 is 0 Å². The molecule has 2 aromatic carbocycles. The average Bonchev–Trinajstić information content (AvgIpc) is 2.87. The first-order chi connectivity index (χ1) is 16.1. The predicted octanol–water partition coefficient (Wildman–Crippen LogP) is 8.26. The highest BCUT2D eigenvalue weighted by Crippen LogP contribution is 2.25. The molecule has 0 atom stereocenters. The van der Waals surface area contributed by atoms with Gasteiger partial charge in [-0.3, -0.25) is 0 Å². The van der Waals surface area contributed by atoms with Crippen LogP contribution in [0.1, 0.15) is 31.1 Å². The second-order valence-electron chi connectivity index (χ2n) is 6.68. The Hall–Kier alpha value is -3.82. The smallest absolute Gasteiger partial charge is 0.164 e. The SMILES string of the molecule is C=C.C=C/C(=C\C)c1nc(/C(C=C)=C/C(=C\C)c2ccccc2)nc(-c2ccc(Cl)cc2)n1. The fourth-order valence-corrected chi connectivity index (χ4v) is 3.17. The van der Waals surface area contributed by atoms with E-state index < -0.39 is 0 Å². The van der Waals surface area contributed by atoms with Gasteiger partial charge in [0.15, 0.2) is 17.5 Å². The second kappa shape index (κ2) is 12.9. The molecular weight excluding hydrogens is 426 g/mol. The first-order valence-electron chi connectivity index (χ1n) is 10.5. The molecule has 0 N–H and O–H groups in total. The first kappa shape index (κ1) is 25.4. The maximum Gasteiger partial charge on any atom is 0.164 e. The third kappa shape index (κ3) is 6.58. The lowest BCUT2D eigenvalue weighted by Crippen LogP contribution is -2.04. The molecule has 33 heavy (non-hydrogen) atoms. The highest BCUT2D eigenvalue weighted by atomic mass is 35.5. The molecule has 3 nitrogen and oxygen atoms in total. The fourth-order valence-electron chi connectivity index (χ4n) is 3.05. The van der Waals surface area contributed by atoms with E-state index in [0.29, 0.717) is 22.5 Å². The van der Waals surface area contributed by atoms with Gasteiger partial charge in [-0.2, -0.15) is 0 Å². The van der Waals surface area contributed by atoms with E-state index in [9.17, 15) is 0 Å². The largest absolute Gasteiger partial charge is 0.208 e. The predicted molar refractivity (Wildman–Crippen MR) is 144 cm³/mol. The van der Waals surface area contributed by atoms with Crippen LogP contribution in [-0.4, -0.2) is 15.0 Å². The van der Waals surface area contributed by atoms with E-state index in [1.54, 1.807) is 12.2 Å². The van der Waals surface area contributed by atoms with Crippen LogP contribution in [0.2, 0.25) is 5.02 Å². The maximum absolute atomic E-state index is 6.06. The van der Waals surface area contributed by atoms with Crippen molar-refractivity contribution in [1.29, 1.82) is 0 Å². The lowest BCUT2D eigenvalue weighted by atomic mass is 10.0. The zero-order valence-electron chi connectivity index (χ0n) is 19.1. The van der Waals surface area contributed by atoms with Crippen molar-refractivity contribution in [2.45, 2.75) is 13.8 Å². The molecule has 0 bridgehead atoms. The Balaban J connectivity index is 0.00000187. The van der Waals surface area contributed by atoms with Gasteiger partial charge in [0.05, 0.1) is 0 Å². The summed E-state index contributed by atoms with van der Waals surface area (Å²) in [6.45, 7) is 17.8. The minimum Gasteiger partial charge on any atom is -0.208 e. The number of allylic oxidation sites excluding steroid dienone is 8. The number of benzene rings is 2. The Morgan fingerprint density at radius 3 is 1.79 bits per heavy atom. The summed E-state index contributed by atoms with van der Waals surface area (Å²) >= 11 is 6.06. The van der Waals surface area contributed by atoms with Crippen LogP contribution in [0, 0.1) is 0 Å². The first-order valence-corrected chi connectivity index (χ1v) is 10.8. The lowest BCUT2D eigenvalue weighted by Gasteiger charge is -2.10. The third-order valence-electron chi connectivity index (χ3n) is 4.73. The van der Waals surface area contributed by atoms with Gasteiger partial charge in [-0.1, -0.05) is 79.4 Å². The minimum absolute atomic E-state index is 0.543. The summed E-state index contributed by atoms with van der Waals surface area (Å²) in [5, 5.41) is 0.658. The molecule has 166 valence electrons. The molecular formula is C29H28ClN3. The van der Waals surface area contributed by atoms with Gasteiger partial charge in [-0.25, -0.2) is 15.0 Å². The Labute approximate surface area is 201 Å². The van der Waals surface area contributed by atoms with Gasteiger partial charge in [0.25, 0.3) is 0 Å². The average molecular weight is 454 g/mol. The number of hydrogen-bond donors (Lipinski definition) is 0. The molecule has 4 heteroatoms. The molecule has 0 spiro atoms. The van der Waals surface area contributed by atoms with Crippen LogP contribution in [0.25, 0.3) is 28.1 Å². The van der Waals surface area contributed by atoms with E-state index in [1.165, 1.54) is 0 Å². The molecule has 0 aliphatic carbocycles. The summed E-state index contributed by atoms with van der Waals surface area (Å²) in [5.74, 6) is 1.66. The summed E-state index contributed by atoms with van der Waals surface area (Å²) in [5.41, 5.74) is 4.65. The van der Waals surface area contributed by atoms with Gasteiger partial charge in [0, 0.05) is 21.7 Å². The van der Waals surface area contributed by atoms with Crippen molar-refractivity contribution in [3.8, 4) is 11.4 Å². The summed E-state index contributed by atoms with van der Waals surface area (Å²) in [6.07, 6.45) is 9.53. The molecule has 1 aromatic heterocycles. The molecule has 1 heterocycles. The van der Waals surface area contributed by atoms with Crippen molar-refractivity contribution in [1.82, 2.24) is 15.0 Å². The van der Waals surface area contributed by atoms with Gasteiger partial charge >= 0.3 is 0 Å². The summed E-state index contributed by atoms with van der Waals surface area (Å²) in [7, 11) is 0. The van der Waals surface area contributed by atoms with Crippen LogP contribution < -0.4 is 0 Å². The number of aromatic nitrogens is 3. The maximum atomic E-state index is 6.06. The van der Waals surface area contributed by atoms with Crippen molar-refractivity contribution in [2.24, 2.45) is 0 Å². The number of nitrogens with zero attached hydrogens (tertiary/aromatic N) is 3. The topological polar surface area (TPSA) is 38.7 Å². The normalized spacial score (nSPS) is 11.9. The van der Waals surface area contributed by atoms with Gasteiger partial charge in [-0.15, -0.1) is 13.2 Å². The number of rotatable bonds is 7. The van der Waals surface area contributed by atoms with E-state index in [1.807, 2.05) is 68.5 Å². The van der Waals surface area contributed by atoms with E-state index in [4.69, 9.17) is 21.6 Å². The Kier molecular flexibility index (Phi) is 9.94. The molecule has 0 radical (unpaired) electrons. The zero-order chi connectivity index (χ0) is 24.2. The van der Waals surface area contributed by atoms with Crippen LogP contribution in [0.5, 0.6) is 0 Å². The van der Waals surface area contributed by atoms with Crippen molar-refractivity contribution >= 4 is 28.3 Å². The van der Waals surface area contributed by atoms with Crippen molar-refractivity contribution in [3.05, 3.63) is 134 Å². The van der Waals surface area contributed by atoms with Crippen LogP contribution in [0.3, 0.4) is 0 Å². The minimum atomic E-state index is 0.543. The summed E-state index contributed by atoms with van der Waals surface area (Å²) < 4.78 is 0. The molecule has 3 rings (SSSR count). The molecule has 0 aliphatic heterocycles. The van der Waals surface area contributed by atoms with Gasteiger partial charge in [0.1, 0.15) is 0 Å².